The van der Waals surface area contributed by atoms with Crippen molar-refractivity contribution in [1.82, 2.24) is 15.5 Å². The molecule has 1 aromatic carbocycles. The Hall–Kier alpha value is -2.37. The van der Waals surface area contributed by atoms with E-state index in [9.17, 15) is 4.79 Å². The summed E-state index contributed by atoms with van der Waals surface area (Å²) in [5.74, 6) is 0.994. The number of aromatic nitrogens is 2. The summed E-state index contributed by atoms with van der Waals surface area (Å²) in [5.41, 5.74) is 1.64. The average Bonchev–Trinajstić information content (AvgIpc) is 2.74. The molecule has 0 aliphatic rings. The molecule has 0 radical (unpaired) electrons. The van der Waals surface area contributed by atoms with Crippen LogP contribution in [-0.2, 0) is 6.54 Å². The van der Waals surface area contributed by atoms with Gasteiger partial charge in [0.2, 0.25) is 11.7 Å². The molecule has 0 aliphatic heterocycles. The molecule has 0 aliphatic carbocycles. The van der Waals surface area contributed by atoms with Gasteiger partial charge in [0.1, 0.15) is 0 Å². The molecule has 2 aromatic rings. The van der Waals surface area contributed by atoms with Crippen LogP contribution in [0.2, 0.25) is 0 Å². The Bertz CT molecular complexity index is 536. The number of aryl methyl sites for hydroxylation is 1. The Kier molecular flexibility index (Phi) is 3.04. The zero-order valence-electron chi connectivity index (χ0n) is 9.17. The average molecular weight is 233 g/mol. The van der Waals surface area contributed by atoms with Crippen molar-refractivity contribution >= 4 is 6.09 Å². The van der Waals surface area contributed by atoms with Gasteiger partial charge >= 0.3 is 6.09 Å². The lowest BCUT2D eigenvalue weighted by Crippen LogP contribution is -2.19. The number of amides is 1. The van der Waals surface area contributed by atoms with E-state index >= 15 is 0 Å². The normalized spacial score (nSPS) is 10.2. The zero-order valence-corrected chi connectivity index (χ0v) is 9.17. The predicted octanol–water partition coefficient (Wildman–Crippen LogP) is 1.81. The van der Waals surface area contributed by atoms with Gasteiger partial charge in [0.15, 0.2) is 0 Å². The fraction of sp³-hybridized carbons (Fsp3) is 0.182. The van der Waals surface area contributed by atoms with E-state index in [2.05, 4.69) is 15.5 Å². The number of rotatable bonds is 3. The molecule has 0 bridgehead atoms. The number of carbonyl (C=O) groups is 1. The lowest BCUT2D eigenvalue weighted by Gasteiger charge is -2.02. The summed E-state index contributed by atoms with van der Waals surface area (Å²) in [5, 5.41) is 14.6. The van der Waals surface area contributed by atoms with Gasteiger partial charge in [0.05, 0.1) is 0 Å². The smallest absolute Gasteiger partial charge is 0.404 e. The van der Waals surface area contributed by atoms with Gasteiger partial charge in [-0.2, -0.15) is 4.98 Å². The first-order valence-electron chi connectivity index (χ1n) is 5.01. The summed E-state index contributed by atoms with van der Waals surface area (Å²) in [6.07, 6.45) is -1.05. The summed E-state index contributed by atoms with van der Waals surface area (Å²) < 4.78 is 4.89. The summed E-state index contributed by atoms with van der Waals surface area (Å²) in [4.78, 5) is 14.5. The van der Waals surface area contributed by atoms with E-state index in [4.69, 9.17) is 9.63 Å². The van der Waals surface area contributed by atoms with Crippen LogP contribution in [-0.4, -0.2) is 21.3 Å². The molecule has 0 unspecified atom stereocenters. The van der Waals surface area contributed by atoms with Crippen LogP contribution in [0.3, 0.4) is 0 Å². The fourth-order valence-electron chi connectivity index (χ4n) is 1.41. The lowest BCUT2D eigenvalue weighted by molar-refractivity contribution is 0.194. The van der Waals surface area contributed by atoms with Gasteiger partial charge in [0.25, 0.3) is 0 Å². The Balaban J connectivity index is 2.19. The first-order valence-corrected chi connectivity index (χ1v) is 5.01. The Morgan fingerprint density at radius 2 is 2.35 bits per heavy atom. The molecular formula is C11H11N3O3. The molecule has 0 spiro atoms. The minimum atomic E-state index is -1.05. The Labute approximate surface area is 97.3 Å². The van der Waals surface area contributed by atoms with Crippen molar-refractivity contribution < 1.29 is 14.4 Å². The molecule has 1 heterocycles. The molecule has 88 valence electrons. The second kappa shape index (κ2) is 4.65. The molecule has 0 saturated carbocycles. The molecule has 1 aromatic heterocycles. The summed E-state index contributed by atoms with van der Waals surface area (Å²) >= 11 is 0. The standard InChI is InChI=1S/C11H11N3O3/c1-7-13-10(14-17-7)9-4-2-3-8(5-9)6-12-11(15)16/h2-5,12H,6H2,1H3,(H,15,16). The highest BCUT2D eigenvalue weighted by Gasteiger charge is 2.06. The van der Waals surface area contributed by atoms with E-state index < -0.39 is 6.09 Å². The van der Waals surface area contributed by atoms with Crippen LogP contribution in [0.4, 0.5) is 4.79 Å². The van der Waals surface area contributed by atoms with Crippen molar-refractivity contribution in [2.75, 3.05) is 0 Å². The first kappa shape index (κ1) is 11.1. The quantitative estimate of drug-likeness (QED) is 0.844. The van der Waals surface area contributed by atoms with Crippen molar-refractivity contribution in [3.63, 3.8) is 0 Å². The molecule has 0 atom stereocenters. The maximum Gasteiger partial charge on any atom is 0.404 e. The minimum Gasteiger partial charge on any atom is -0.465 e. The number of carboxylic acid groups (broad SMARTS) is 1. The predicted molar refractivity (Wildman–Crippen MR) is 59.3 cm³/mol. The highest BCUT2D eigenvalue weighted by molar-refractivity contribution is 5.64. The summed E-state index contributed by atoms with van der Waals surface area (Å²) in [7, 11) is 0. The molecule has 2 N–H and O–H groups in total. The first-order chi connectivity index (χ1) is 8.15. The van der Waals surface area contributed by atoms with E-state index in [1.165, 1.54) is 0 Å². The van der Waals surface area contributed by atoms with Gasteiger partial charge in [-0.05, 0) is 11.6 Å². The number of nitrogens with zero attached hydrogens (tertiary/aromatic N) is 2. The van der Waals surface area contributed by atoms with Crippen molar-refractivity contribution in [1.29, 1.82) is 0 Å². The Morgan fingerprint density at radius 3 is 3.00 bits per heavy atom. The summed E-state index contributed by atoms with van der Waals surface area (Å²) in [6, 6.07) is 7.31. The van der Waals surface area contributed by atoms with Crippen LogP contribution >= 0.6 is 0 Å². The van der Waals surface area contributed by atoms with Crippen molar-refractivity contribution in [2.45, 2.75) is 13.5 Å². The van der Waals surface area contributed by atoms with Crippen LogP contribution < -0.4 is 5.32 Å². The second-order valence-electron chi connectivity index (χ2n) is 3.50. The molecule has 6 heteroatoms. The van der Waals surface area contributed by atoms with Crippen LogP contribution in [0.15, 0.2) is 28.8 Å². The third-order valence-corrected chi connectivity index (χ3v) is 2.16. The van der Waals surface area contributed by atoms with Gasteiger partial charge in [-0.3, -0.25) is 0 Å². The van der Waals surface area contributed by atoms with E-state index in [0.29, 0.717) is 11.7 Å². The van der Waals surface area contributed by atoms with Crippen LogP contribution in [0.25, 0.3) is 11.4 Å². The number of hydrogen-bond donors (Lipinski definition) is 2. The molecular weight excluding hydrogens is 222 g/mol. The van der Waals surface area contributed by atoms with E-state index in [1.807, 2.05) is 24.3 Å². The highest BCUT2D eigenvalue weighted by atomic mass is 16.5. The Morgan fingerprint density at radius 1 is 1.53 bits per heavy atom. The topological polar surface area (TPSA) is 88.2 Å². The monoisotopic (exact) mass is 233 g/mol. The van der Waals surface area contributed by atoms with Gasteiger partial charge in [-0.15, -0.1) is 0 Å². The molecule has 2 rings (SSSR count). The van der Waals surface area contributed by atoms with E-state index in [1.54, 1.807) is 6.92 Å². The van der Waals surface area contributed by atoms with Crippen LogP contribution in [0.5, 0.6) is 0 Å². The molecule has 0 saturated heterocycles. The number of benzene rings is 1. The third-order valence-electron chi connectivity index (χ3n) is 2.16. The summed E-state index contributed by atoms with van der Waals surface area (Å²) in [6.45, 7) is 1.96. The van der Waals surface area contributed by atoms with Crippen molar-refractivity contribution in [3.05, 3.63) is 35.7 Å². The van der Waals surface area contributed by atoms with Gasteiger partial charge in [0, 0.05) is 19.0 Å². The zero-order chi connectivity index (χ0) is 12.3. The van der Waals surface area contributed by atoms with Crippen LogP contribution in [0, 0.1) is 6.92 Å². The highest BCUT2D eigenvalue weighted by Crippen LogP contribution is 2.16. The molecule has 0 fully saturated rings. The maximum atomic E-state index is 10.4. The second-order valence-corrected chi connectivity index (χ2v) is 3.50. The fourth-order valence-corrected chi connectivity index (χ4v) is 1.41. The number of nitrogens with one attached hydrogen (secondary N) is 1. The lowest BCUT2D eigenvalue weighted by atomic mass is 10.1. The molecule has 17 heavy (non-hydrogen) atoms. The van der Waals surface area contributed by atoms with Gasteiger partial charge in [-0.1, -0.05) is 23.4 Å². The van der Waals surface area contributed by atoms with Crippen molar-refractivity contribution in [2.24, 2.45) is 0 Å². The van der Waals surface area contributed by atoms with Crippen LogP contribution in [0.1, 0.15) is 11.5 Å². The maximum absolute atomic E-state index is 10.4. The van der Waals surface area contributed by atoms with Gasteiger partial charge < -0.3 is 14.9 Å². The third kappa shape index (κ3) is 2.81. The minimum absolute atomic E-state index is 0.250. The van der Waals surface area contributed by atoms with E-state index in [0.717, 1.165) is 11.1 Å². The van der Waals surface area contributed by atoms with E-state index in [-0.39, 0.29) is 6.54 Å². The molecule has 6 nitrogen and oxygen atoms in total. The van der Waals surface area contributed by atoms with Crippen molar-refractivity contribution in [3.8, 4) is 11.4 Å². The van der Waals surface area contributed by atoms with Gasteiger partial charge in [-0.25, -0.2) is 4.79 Å². The SMILES string of the molecule is Cc1nc(-c2cccc(CNC(=O)O)c2)no1. The largest absolute Gasteiger partial charge is 0.465 e. The number of hydrogen-bond acceptors (Lipinski definition) is 4. The molecule has 1 amide bonds.